The van der Waals surface area contributed by atoms with Crippen LogP contribution in [0.3, 0.4) is 0 Å². The third-order valence-corrected chi connectivity index (χ3v) is 3.89. The first-order chi connectivity index (χ1) is 10.5. The van der Waals surface area contributed by atoms with E-state index in [-0.39, 0.29) is 12.0 Å². The van der Waals surface area contributed by atoms with Crippen molar-refractivity contribution in [3.05, 3.63) is 12.4 Å². The van der Waals surface area contributed by atoms with Crippen LogP contribution in [0.4, 0.5) is 5.69 Å². The minimum absolute atomic E-state index is 0.0100. The van der Waals surface area contributed by atoms with Gasteiger partial charge in [-0.3, -0.25) is 14.4 Å². The van der Waals surface area contributed by atoms with Crippen molar-refractivity contribution in [2.45, 2.75) is 39.2 Å². The van der Waals surface area contributed by atoms with Crippen LogP contribution >= 0.6 is 0 Å². The minimum Gasteiger partial charge on any atom is -0.376 e. The van der Waals surface area contributed by atoms with Crippen molar-refractivity contribution in [3.63, 3.8) is 0 Å². The molecule has 1 N–H and O–H groups in total. The fraction of sp³-hybridized carbons (Fsp3) is 0.750. The number of rotatable bonds is 7. The summed E-state index contributed by atoms with van der Waals surface area (Å²) in [5.74, 6) is 0.751. The highest BCUT2D eigenvalue weighted by Gasteiger charge is 2.22. The summed E-state index contributed by atoms with van der Waals surface area (Å²) in [4.78, 5) is 14.2. The average Bonchev–Trinajstić information content (AvgIpc) is 2.84. The Morgan fingerprint density at radius 3 is 3.05 bits per heavy atom. The maximum Gasteiger partial charge on any atom is 0.238 e. The van der Waals surface area contributed by atoms with Crippen LogP contribution < -0.4 is 5.32 Å². The van der Waals surface area contributed by atoms with Gasteiger partial charge in [0.25, 0.3) is 0 Å². The van der Waals surface area contributed by atoms with Crippen molar-refractivity contribution in [1.82, 2.24) is 14.7 Å². The number of hydrogen-bond acceptors (Lipinski definition) is 4. The molecule has 0 spiro atoms. The zero-order chi connectivity index (χ0) is 15.9. The Kier molecular flexibility index (Phi) is 6.39. The Balaban J connectivity index is 1.71. The molecule has 1 aromatic heterocycles. The number of aryl methyl sites for hydroxylation is 1. The van der Waals surface area contributed by atoms with Crippen LogP contribution in [0.1, 0.15) is 33.1 Å². The van der Waals surface area contributed by atoms with Crippen molar-refractivity contribution < 1.29 is 9.53 Å². The zero-order valence-corrected chi connectivity index (χ0v) is 13.9. The minimum atomic E-state index is 0.0100. The molecule has 2 heterocycles. The number of anilines is 1. The number of carbonyl (C=O) groups is 1. The van der Waals surface area contributed by atoms with Crippen LogP contribution in [0.15, 0.2) is 12.4 Å². The molecule has 0 saturated carbocycles. The summed E-state index contributed by atoms with van der Waals surface area (Å²) in [6.07, 6.45) is 7.23. The number of nitrogens with zero attached hydrogens (tertiary/aromatic N) is 3. The van der Waals surface area contributed by atoms with E-state index < -0.39 is 0 Å². The fourth-order valence-corrected chi connectivity index (χ4v) is 2.74. The highest BCUT2D eigenvalue weighted by atomic mass is 16.5. The van der Waals surface area contributed by atoms with Gasteiger partial charge >= 0.3 is 0 Å². The topological polar surface area (TPSA) is 59.4 Å². The first kappa shape index (κ1) is 17.0. The molecule has 124 valence electrons. The quantitative estimate of drug-likeness (QED) is 0.835. The molecular weight excluding hydrogens is 280 g/mol. The normalized spacial score (nSPS) is 19.5. The van der Waals surface area contributed by atoms with Crippen LogP contribution in [-0.4, -0.2) is 52.9 Å². The predicted molar refractivity (Wildman–Crippen MR) is 86.7 cm³/mol. The molecule has 1 aromatic rings. The van der Waals surface area contributed by atoms with E-state index in [4.69, 9.17) is 4.74 Å². The van der Waals surface area contributed by atoms with Crippen LogP contribution in [-0.2, 0) is 16.6 Å². The number of ether oxygens (including phenoxy) is 1. The van der Waals surface area contributed by atoms with E-state index in [2.05, 4.69) is 29.2 Å². The second-order valence-electron chi connectivity index (χ2n) is 6.50. The Bertz CT molecular complexity index is 472. The van der Waals surface area contributed by atoms with Crippen LogP contribution in [0.5, 0.6) is 0 Å². The average molecular weight is 308 g/mol. The summed E-state index contributed by atoms with van der Waals surface area (Å²) in [6.45, 7) is 7.29. The monoisotopic (exact) mass is 308 g/mol. The molecule has 0 unspecified atom stereocenters. The van der Waals surface area contributed by atoms with E-state index in [9.17, 15) is 4.79 Å². The third kappa shape index (κ3) is 5.77. The Hall–Kier alpha value is -1.40. The second kappa shape index (κ2) is 8.29. The van der Waals surface area contributed by atoms with Gasteiger partial charge in [-0.2, -0.15) is 5.10 Å². The van der Waals surface area contributed by atoms with Gasteiger partial charge in [0.05, 0.1) is 31.1 Å². The van der Waals surface area contributed by atoms with Crippen LogP contribution in [0.2, 0.25) is 0 Å². The van der Waals surface area contributed by atoms with Gasteiger partial charge in [0.2, 0.25) is 5.91 Å². The molecule has 0 aliphatic carbocycles. The number of aromatic nitrogens is 2. The van der Waals surface area contributed by atoms with Crippen molar-refractivity contribution >= 4 is 11.6 Å². The van der Waals surface area contributed by atoms with Gasteiger partial charge < -0.3 is 10.1 Å². The van der Waals surface area contributed by atoms with E-state index in [1.165, 1.54) is 12.8 Å². The maximum atomic E-state index is 12.1. The molecular formula is C16H28N4O2. The molecule has 1 saturated heterocycles. The molecule has 22 heavy (non-hydrogen) atoms. The molecule has 2 rings (SSSR count). The largest absolute Gasteiger partial charge is 0.376 e. The summed E-state index contributed by atoms with van der Waals surface area (Å²) in [7, 11) is 1.83. The summed E-state index contributed by atoms with van der Waals surface area (Å²) in [5.41, 5.74) is 0.745. The lowest BCUT2D eigenvalue weighted by Crippen LogP contribution is -2.45. The Labute approximate surface area is 132 Å². The van der Waals surface area contributed by atoms with Gasteiger partial charge in [0, 0.05) is 26.3 Å². The molecule has 1 aliphatic heterocycles. The highest BCUT2D eigenvalue weighted by molar-refractivity contribution is 5.91. The van der Waals surface area contributed by atoms with Crippen molar-refractivity contribution in [1.29, 1.82) is 0 Å². The maximum absolute atomic E-state index is 12.1. The van der Waals surface area contributed by atoms with Crippen molar-refractivity contribution in [2.24, 2.45) is 13.0 Å². The lowest BCUT2D eigenvalue weighted by molar-refractivity contribution is -0.119. The number of hydrogen-bond donors (Lipinski definition) is 1. The molecule has 6 heteroatoms. The van der Waals surface area contributed by atoms with Gasteiger partial charge in [0.15, 0.2) is 0 Å². The first-order valence-corrected chi connectivity index (χ1v) is 8.15. The van der Waals surface area contributed by atoms with Crippen LogP contribution in [0.25, 0.3) is 0 Å². The number of nitrogens with one attached hydrogen (secondary N) is 1. The smallest absolute Gasteiger partial charge is 0.238 e. The summed E-state index contributed by atoms with van der Waals surface area (Å²) in [6, 6.07) is 0. The van der Waals surface area contributed by atoms with Gasteiger partial charge in [-0.05, 0) is 12.3 Å². The van der Waals surface area contributed by atoms with E-state index >= 15 is 0 Å². The summed E-state index contributed by atoms with van der Waals surface area (Å²) in [5, 5.41) is 6.92. The van der Waals surface area contributed by atoms with Gasteiger partial charge in [-0.1, -0.05) is 26.7 Å². The molecule has 0 bridgehead atoms. The second-order valence-corrected chi connectivity index (χ2v) is 6.50. The predicted octanol–water partition coefficient (Wildman–Crippen LogP) is 1.89. The zero-order valence-electron chi connectivity index (χ0n) is 13.9. The van der Waals surface area contributed by atoms with Crippen LogP contribution in [0, 0.1) is 5.92 Å². The number of amides is 1. The lowest BCUT2D eigenvalue weighted by Gasteiger charge is -2.32. The molecule has 1 aliphatic rings. The molecule has 1 atom stereocenters. The Morgan fingerprint density at radius 1 is 1.55 bits per heavy atom. The first-order valence-electron chi connectivity index (χ1n) is 8.15. The molecule has 0 radical (unpaired) electrons. The van der Waals surface area contributed by atoms with Crippen molar-refractivity contribution in [2.75, 3.05) is 31.6 Å². The van der Waals surface area contributed by atoms with E-state index in [1.54, 1.807) is 17.1 Å². The van der Waals surface area contributed by atoms with E-state index in [0.29, 0.717) is 13.2 Å². The standard InChI is InChI=1S/C16H28N4O2/c1-13(2)5-4-6-15-11-20(7-8-22-15)12-16(21)18-14-9-17-19(3)10-14/h9-10,13,15H,4-8,11-12H2,1-3H3,(H,18,21)/t15-/m1/s1. The number of carbonyl (C=O) groups excluding carboxylic acids is 1. The van der Waals surface area contributed by atoms with Gasteiger partial charge in [-0.15, -0.1) is 0 Å². The summed E-state index contributed by atoms with van der Waals surface area (Å²) >= 11 is 0. The van der Waals surface area contributed by atoms with Crippen molar-refractivity contribution in [3.8, 4) is 0 Å². The lowest BCUT2D eigenvalue weighted by atomic mass is 10.0. The molecule has 1 amide bonds. The summed E-state index contributed by atoms with van der Waals surface area (Å²) < 4.78 is 7.48. The highest BCUT2D eigenvalue weighted by Crippen LogP contribution is 2.14. The Morgan fingerprint density at radius 2 is 2.36 bits per heavy atom. The van der Waals surface area contributed by atoms with Gasteiger partial charge in [-0.25, -0.2) is 0 Å². The van der Waals surface area contributed by atoms with E-state index in [0.717, 1.165) is 31.1 Å². The molecule has 0 aromatic carbocycles. The third-order valence-electron chi connectivity index (χ3n) is 3.89. The number of morpholine rings is 1. The molecule has 1 fully saturated rings. The van der Waals surface area contributed by atoms with E-state index in [1.807, 2.05) is 7.05 Å². The fourth-order valence-electron chi connectivity index (χ4n) is 2.74. The SMILES string of the molecule is CC(C)CCC[C@@H]1CN(CC(=O)Nc2cnn(C)c2)CCO1. The van der Waals surface area contributed by atoms with Gasteiger partial charge in [0.1, 0.15) is 0 Å². The molecule has 6 nitrogen and oxygen atoms in total.